The minimum atomic E-state index is -3.68. The molecule has 1 fully saturated rings. The largest absolute Gasteiger partial charge is 0.477 e. The topological polar surface area (TPSA) is 94.9 Å². The molecule has 0 unspecified atom stereocenters. The number of carboxylic acids is 1. The van der Waals surface area contributed by atoms with Crippen LogP contribution in [0.1, 0.15) is 29.4 Å². The molecule has 0 aliphatic carbocycles. The maximum Gasteiger partial charge on any atom is 0.345 e. The molecule has 2 N–H and O–H groups in total. The van der Waals surface area contributed by atoms with Crippen molar-refractivity contribution in [2.45, 2.75) is 29.6 Å². The quantitative estimate of drug-likeness (QED) is 0.845. The zero-order valence-electron chi connectivity index (χ0n) is 10.4. The highest BCUT2D eigenvalue weighted by atomic mass is 32.2. The van der Waals surface area contributed by atoms with E-state index in [-0.39, 0.29) is 22.2 Å². The molecule has 1 aromatic rings. The van der Waals surface area contributed by atoms with E-state index in [2.05, 4.69) is 0 Å². The van der Waals surface area contributed by atoms with Gasteiger partial charge in [0.15, 0.2) is 0 Å². The van der Waals surface area contributed by atoms with Gasteiger partial charge in [-0.25, -0.2) is 13.2 Å². The first kappa shape index (κ1) is 14.4. The Kier molecular flexibility index (Phi) is 3.69. The van der Waals surface area contributed by atoms with E-state index in [0.717, 1.165) is 17.8 Å². The molecule has 1 aromatic heterocycles. The van der Waals surface area contributed by atoms with Crippen molar-refractivity contribution < 1.29 is 23.4 Å². The van der Waals surface area contributed by atoms with Gasteiger partial charge in [-0.1, -0.05) is 13.3 Å². The van der Waals surface area contributed by atoms with Gasteiger partial charge in [0, 0.05) is 13.1 Å². The van der Waals surface area contributed by atoms with Gasteiger partial charge in [-0.15, -0.1) is 11.3 Å². The number of β-amino-alcohol motifs (C(OH)–C–C–N with tert-alkyl or cyclic N) is 1. The monoisotopic (exact) mass is 305 g/mol. The van der Waals surface area contributed by atoms with Crippen molar-refractivity contribution in [1.29, 1.82) is 0 Å². The van der Waals surface area contributed by atoms with Gasteiger partial charge in [-0.2, -0.15) is 4.31 Å². The third kappa shape index (κ3) is 2.66. The van der Waals surface area contributed by atoms with Gasteiger partial charge in [-0.3, -0.25) is 0 Å². The molecule has 0 aromatic carbocycles. The van der Waals surface area contributed by atoms with E-state index in [9.17, 15) is 18.3 Å². The second-order valence-corrected chi connectivity index (χ2v) is 7.92. The van der Waals surface area contributed by atoms with Crippen LogP contribution in [-0.4, -0.2) is 47.6 Å². The first-order chi connectivity index (χ1) is 8.78. The molecule has 0 bridgehead atoms. The van der Waals surface area contributed by atoms with E-state index < -0.39 is 21.6 Å². The van der Waals surface area contributed by atoms with Crippen molar-refractivity contribution >= 4 is 27.3 Å². The maximum atomic E-state index is 12.2. The average molecular weight is 305 g/mol. The molecule has 6 nitrogen and oxygen atoms in total. The lowest BCUT2D eigenvalue weighted by atomic mass is 9.92. The van der Waals surface area contributed by atoms with Gasteiger partial charge >= 0.3 is 5.97 Å². The summed E-state index contributed by atoms with van der Waals surface area (Å²) in [5, 5.41) is 18.8. The Hall–Kier alpha value is -0.960. The zero-order chi connectivity index (χ0) is 14.3. The standard InChI is InChI=1S/C11H15NO5S2/c1-2-5-11(15)6-12(7-11)19(16,17)9-4-3-8(18-9)10(13)14/h3-4,15H,2,5-7H2,1H3,(H,13,14). The molecule has 0 amide bonds. The summed E-state index contributed by atoms with van der Waals surface area (Å²) in [7, 11) is -3.68. The number of hydrogen-bond donors (Lipinski definition) is 2. The lowest BCUT2D eigenvalue weighted by Crippen LogP contribution is -2.63. The molecular weight excluding hydrogens is 290 g/mol. The summed E-state index contributed by atoms with van der Waals surface area (Å²) in [6, 6.07) is 2.57. The summed E-state index contributed by atoms with van der Waals surface area (Å²) in [5.74, 6) is -1.14. The van der Waals surface area contributed by atoms with Gasteiger partial charge < -0.3 is 10.2 Å². The molecule has 0 radical (unpaired) electrons. The van der Waals surface area contributed by atoms with Crippen LogP contribution in [-0.2, 0) is 10.0 Å². The number of hydrogen-bond acceptors (Lipinski definition) is 5. The molecule has 0 saturated carbocycles. The normalized spacial score (nSPS) is 19.1. The van der Waals surface area contributed by atoms with E-state index in [1.807, 2.05) is 6.92 Å². The predicted octanol–water partition coefficient (Wildman–Crippen LogP) is 0.982. The highest BCUT2D eigenvalue weighted by Gasteiger charge is 2.46. The van der Waals surface area contributed by atoms with Crippen LogP contribution in [0.25, 0.3) is 0 Å². The van der Waals surface area contributed by atoms with E-state index in [0.29, 0.717) is 6.42 Å². The Morgan fingerprint density at radius 3 is 2.58 bits per heavy atom. The van der Waals surface area contributed by atoms with E-state index in [4.69, 9.17) is 5.11 Å². The van der Waals surface area contributed by atoms with Crippen LogP contribution in [0.2, 0.25) is 0 Å². The summed E-state index contributed by atoms with van der Waals surface area (Å²) in [6.45, 7) is 2.07. The highest BCUT2D eigenvalue weighted by Crippen LogP contribution is 2.33. The molecule has 0 spiro atoms. The number of aromatic carboxylic acids is 1. The summed E-state index contributed by atoms with van der Waals surface area (Å²) < 4.78 is 25.5. The van der Waals surface area contributed by atoms with Crippen molar-refractivity contribution in [2.24, 2.45) is 0 Å². The first-order valence-corrected chi connectivity index (χ1v) is 8.10. The molecule has 0 atom stereocenters. The minimum absolute atomic E-state index is 0.00319. The Morgan fingerprint density at radius 1 is 1.47 bits per heavy atom. The van der Waals surface area contributed by atoms with Crippen LogP contribution in [0.3, 0.4) is 0 Å². The fourth-order valence-corrected chi connectivity index (χ4v) is 5.00. The summed E-state index contributed by atoms with van der Waals surface area (Å²) in [4.78, 5) is 10.7. The van der Waals surface area contributed by atoms with Crippen LogP contribution in [0.5, 0.6) is 0 Å². The van der Waals surface area contributed by atoms with Crippen LogP contribution in [0.4, 0.5) is 0 Å². The van der Waals surface area contributed by atoms with Crippen molar-refractivity contribution in [2.75, 3.05) is 13.1 Å². The number of rotatable bonds is 5. The summed E-state index contributed by atoms with van der Waals surface area (Å²) in [5.41, 5.74) is -0.936. The first-order valence-electron chi connectivity index (χ1n) is 5.84. The van der Waals surface area contributed by atoms with Crippen molar-refractivity contribution in [3.8, 4) is 0 Å². The Bertz CT molecular complexity index is 586. The van der Waals surface area contributed by atoms with Crippen molar-refractivity contribution in [3.05, 3.63) is 17.0 Å². The number of aliphatic hydroxyl groups is 1. The third-order valence-electron chi connectivity index (χ3n) is 3.04. The third-order valence-corrected chi connectivity index (χ3v) is 6.38. The Balaban J connectivity index is 2.14. The van der Waals surface area contributed by atoms with Crippen molar-refractivity contribution in [3.63, 3.8) is 0 Å². The van der Waals surface area contributed by atoms with E-state index in [1.54, 1.807) is 0 Å². The molecule has 2 heterocycles. The molecule has 8 heteroatoms. The Labute approximate surface area is 115 Å². The van der Waals surface area contributed by atoms with E-state index in [1.165, 1.54) is 16.4 Å². The molecule has 106 valence electrons. The molecule has 1 aliphatic heterocycles. The Morgan fingerprint density at radius 2 is 2.11 bits per heavy atom. The van der Waals surface area contributed by atoms with Gasteiger partial charge in [0.05, 0.1) is 5.60 Å². The smallest absolute Gasteiger partial charge is 0.345 e. The van der Waals surface area contributed by atoms with Crippen LogP contribution < -0.4 is 0 Å². The van der Waals surface area contributed by atoms with Crippen LogP contribution in [0, 0.1) is 0 Å². The maximum absolute atomic E-state index is 12.2. The fraction of sp³-hybridized carbons (Fsp3) is 0.545. The fourth-order valence-electron chi connectivity index (χ4n) is 2.10. The lowest BCUT2D eigenvalue weighted by molar-refractivity contribution is -0.0652. The van der Waals surface area contributed by atoms with Gasteiger partial charge in [-0.05, 0) is 18.6 Å². The number of sulfonamides is 1. The SMILES string of the molecule is CCCC1(O)CN(S(=O)(=O)c2ccc(C(=O)O)s2)C1. The summed E-state index contributed by atoms with van der Waals surface area (Å²) >= 11 is 0.728. The number of thiophene rings is 1. The van der Waals surface area contributed by atoms with Gasteiger partial charge in [0.2, 0.25) is 0 Å². The highest BCUT2D eigenvalue weighted by molar-refractivity contribution is 7.91. The molecule has 1 saturated heterocycles. The average Bonchev–Trinajstić information content (AvgIpc) is 2.75. The van der Waals surface area contributed by atoms with Crippen LogP contribution in [0.15, 0.2) is 16.3 Å². The molecule has 1 aliphatic rings. The predicted molar refractivity (Wildman–Crippen MR) is 69.9 cm³/mol. The van der Waals surface area contributed by atoms with Crippen LogP contribution >= 0.6 is 11.3 Å². The lowest BCUT2D eigenvalue weighted by Gasteiger charge is -2.45. The van der Waals surface area contributed by atoms with E-state index >= 15 is 0 Å². The summed E-state index contributed by atoms with van der Waals surface area (Å²) in [6.07, 6.45) is 1.34. The second-order valence-electron chi connectivity index (χ2n) is 4.67. The van der Waals surface area contributed by atoms with Gasteiger partial charge in [0.1, 0.15) is 9.09 Å². The van der Waals surface area contributed by atoms with Crippen molar-refractivity contribution in [1.82, 2.24) is 4.31 Å². The number of nitrogens with zero attached hydrogens (tertiary/aromatic N) is 1. The minimum Gasteiger partial charge on any atom is -0.477 e. The molecule has 2 rings (SSSR count). The second kappa shape index (κ2) is 4.86. The van der Waals surface area contributed by atoms with Gasteiger partial charge in [0.25, 0.3) is 10.0 Å². The molecule has 19 heavy (non-hydrogen) atoms. The zero-order valence-corrected chi connectivity index (χ0v) is 12.0. The molecular formula is C11H15NO5S2. The number of carboxylic acid groups (broad SMARTS) is 1. The number of carbonyl (C=O) groups is 1.